The predicted octanol–water partition coefficient (Wildman–Crippen LogP) is 2.65. The van der Waals surface area contributed by atoms with Crippen LogP contribution in [-0.2, 0) is 6.54 Å². The Balaban J connectivity index is 2.99. The highest BCUT2D eigenvalue weighted by Gasteiger charge is 2.31. The second-order valence-electron chi connectivity index (χ2n) is 2.50. The average Bonchev–Trinajstić information content (AvgIpc) is 2.01. The van der Waals surface area contributed by atoms with Crippen molar-refractivity contribution in [3.63, 3.8) is 0 Å². The summed E-state index contributed by atoms with van der Waals surface area (Å²) in [6.07, 6.45) is -4.67. The van der Waals surface area contributed by atoms with Crippen molar-refractivity contribution >= 4 is 22.6 Å². The van der Waals surface area contributed by atoms with Crippen molar-refractivity contribution in [2.75, 3.05) is 0 Å². The van der Waals surface area contributed by atoms with Crippen molar-refractivity contribution < 1.29 is 17.9 Å². The minimum Gasteiger partial charge on any atom is -0.405 e. The van der Waals surface area contributed by atoms with E-state index in [2.05, 4.69) is 4.74 Å². The van der Waals surface area contributed by atoms with E-state index in [0.717, 1.165) is 0 Å². The maximum absolute atomic E-state index is 11.9. The lowest BCUT2D eigenvalue weighted by Gasteiger charge is -2.12. The van der Waals surface area contributed by atoms with Crippen LogP contribution in [0.25, 0.3) is 0 Å². The van der Waals surface area contributed by atoms with E-state index >= 15 is 0 Å². The zero-order chi connectivity index (χ0) is 10.8. The molecule has 2 N–H and O–H groups in total. The average molecular weight is 317 g/mol. The molecular formula is C8H7F3INO. The van der Waals surface area contributed by atoms with Crippen LogP contribution >= 0.6 is 22.6 Å². The molecular weight excluding hydrogens is 310 g/mol. The van der Waals surface area contributed by atoms with E-state index in [1.54, 1.807) is 6.07 Å². The molecule has 1 aromatic rings. The summed E-state index contributed by atoms with van der Waals surface area (Å²) in [6, 6.07) is 4.49. The number of hydrogen-bond acceptors (Lipinski definition) is 2. The molecule has 1 rings (SSSR count). The molecule has 6 heteroatoms. The van der Waals surface area contributed by atoms with Gasteiger partial charge in [-0.15, -0.1) is 13.2 Å². The summed E-state index contributed by atoms with van der Waals surface area (Å²) in [6.45, 7) is 0.0162. The number of benzene rings is 1. The van der Waals surface area contributed by atoms with E-state index < -0.39 is 6.36 Å². The summed E-state index contributed by atoms with van der Waals surface area (Å²) in [5, 5.41) is 0. The van der Waals surface area contributed by atoms with Crippen molar-refractivity contribution in [1.82, 2.24) is 0 Å². The van der Waals surface area contributed by atoms with Gasteiger partial charge in [-0.2, -0.15) is 0 Å². The lowest BCUT2D eigenvalue weighted by atomic mass is 10.2. The van der Waals surface area contributed by atoms with Crippen LogP contribution in [0.5, 0.6) is 5.75 Å². The minimum absolute atomic E-state index is 0.0162. The molecule has 0 bridgehead atoms. The Morgan fingerprint density at radius 1 is 1.36 bits per heavy atom. The number of ether oxygens (including phenoxy) is 1. The molecule has 0 radical (unpaired) electrons. The van der Waals surface area contributed by atoms with Gasteiger partial charge in [-0.3, -0.25) is 0 Å². The predicted molar refractivity (Wildman–Crippen MR) is 53.7 cm³/mol. The second kappa shape index (κ2) is 4.35. The zero-order valence-electron chi connectivity index (χ0n) is 6.94. The molecule has 0 atom stereocenters. The number of rotatable bonds is 2. The van der Waals surface area contributed by atoms with Crippen LogP contribution in [0.1, 0.15) is 5.56 Å². The maximum atomic E-state index is 11.9. The third-order valence-corrected chi connectivity index (χ3v) is 2.15. The normalized spacial score (nSPS) is 11.5. The molecule has 0 aliphatic carbocycles. The van der Waals surface area contributed by atoms with E-state index in [0.29, 0.717) is 9.13 Å². The monoisotopic (exact) mass is 317 g/mol. The fourth-order valence-corrected chi connectivity index (χ4v) is 1.38. The minimum atomic E-state index is -4.67. The topological polar surface area (TPSA) is 35.2 Å². The summed E-state index contributed by atoms with van der Waals surface area (Å²) in [5.41, 5.74) is 5.61. The standard InChI is InChI=1S/C8H7F3INO/c9-8(10,11)14-7-3-6(12)2-1-5(7)4-13/h1-3H,4,13H2. The molecule has 2 nitrogen and oxygen atoms in total. The SMILES string of the molecule is NCc1ccc(I)cc1OC(F)(F)F. The van der Waals surface area contributed by atoms with Gasteiger partial charge in [0.25, 0.3) is 0 Å². The zero-order valence-corrected chi connectivity index (χ0v) is 9.09. The quantitative estimate of drug-likeness (QED) is 0.851. The van der Waals surface area contributed by atoms with Crippen LogP contribution in [-0.4, -0.2) is 6.36 Å². The van der Waals surface area contributed by atoms with E-state index in [-0.39, 0.29) is 12.3 Å². The Hall–Kier alpha value is -0.500. The van der Waals surface area contributed by atoms with E-state index in [4.69, 9.17) is 5.73 Å². The molecule has 78 valence electrons. The summed E-state index contributed by atoms with van der Waals surface area (Å²) >= 11 is 1.90. The molecule has 0 aliphatic rings. The molecule has 0 aromatic heterocycles. The van der Waals surface area contributed by atoms with Gasteiger partial charge in [-0.1, -0.05) is 6.07 Å². The third-order valence-electron chi connectivity index (χ3n) is 1.47. The van der Waals surface area contributed by atoms with Crippen LogP contribution in [0.2, 0.25) is 0 Å². The van der Waals surface area contributed by atoms with Gasteiger partial charge < -0.3 is 10.5 Å². The third kappa shape index (κ3) is 3.33. The first-order chi connectivity index (χ1) is 6.42. The van der Waals surface area contributed by atoms with Crippen LogP contribution in [0, 0.1) is 3.57 Å². The molecule has 1 aromatic carbocycles. The number of alkyl halides is 3. The fourth-order valence-electron chi connectivity index (χ4n) is 0.917. The molecule has 0 aliphatic heterocycles. The fraction of sp³-hybridized carbons (Fsp3) is 0.250. The molecule has 0 unspecified atom stereocenters. The summed E-state index contributed by atoms with van der Waals surface area (Å²) in [7, 11) is 0. The Morgan fingerprint density at radius 3 is 2.50 bits per heavy atom. The smallest absolute Gasteiger partial charge is 0.405 e. The van der Waals surface area contributed by atoms with Crippen LogP contribution in [0.3, 0.4) is 0 Å². The molecule has 0 fully saturated rings. The van der Waals surface area contributed by atoms with E-state index in [1.807, 2.05) is 22.6 Å². The number of hydrogen-bond donors (Lipinski definition) is 1. The summed E-state index contributed by atoms with van der Waals surface area (Å²) in [5.74, 6) is -0.230. The first-order valence-electron chi connectivity index (χ1n) is 3.66. The van der Waals surface area contributed by atoms with Crippen molar-refractivity contribution in [3.8, 4) is 5.75 Å². The number of nitrogens with two attached hydrogens (primary N) is 1. The van der Waals surface area contributed by atoms with Crippen LogP contribution < -0.4 is 10.5 Å². The Kier molecular flexibility index (Phi) is 3.59. The lowest BCUT2D eigenvalue weighted by molar-refractivity contribution is -0.274. The second-order valence-corrected chi connectivity index (χ2v) is 3.75. The first-order valence-corrected chi connectivity index (χ1v) is 4.74. The number of halogens is 4. The van der Waals surface area contributed by atoms with Gasteiger partial charge in [0.15, 0.2) is 0 Å². The van der Waals surface area contributed by atoms with Gasteiger partial charge in [-0.25, -0.2) is 0 Å². The van der Waals surface area contributed by atoms with Crippen molar-refractivity contribution in [1.29, 1.82) is 0 Å². The molecule has 0 amide bonds. The maximum Gasteiger partial charge on any atom is 0.573 e. The van der Waals surface area contributed by atoms with Crippen LogP contribution in [0.4, 0.5) is 13.2 Å². The van der Waals surface area contributed by atoms with Gasteiger partial charge >= 0.3 is 6.36 Å². The van der Waals surface area contributed by atoms with E-state index in [1.165, 1.54) is 12.1 Å². The van der Waals surface area contributed by atoms with Gasteiger partial charge in [-0.05, 0) is 34.7 Å². The van der Waals surface area contributed by atoms with Gasteiger partial charge in [0.1, 0.15) is 5.75 Å². The Labute approximate surface area is 92.4 Å². The van der Waals surface area contributed by atoms with Gasteiger partial charge in [0.05, 0.1) is 0 Å². The lowest BCUT2D eigenvalue weighted by Crippen LogP contribution is -2.18. The van der Waals surface area contributed by atoms with Gasteiger partial charge in [0, 0.05) is 15.7 Å². The van der Waals surface area contributed by atoms with Crippen molar-refractivity contribution in [2.24, 2.45) is 5.73 Å². The largest absolute Gasteiger partial charge is 0.573 e. The van der Waals surface area contributed by atoms with Crippen LogP contribution in [0.15, 0.2) is 18.2 Å². The highest BCUT2D eigenvalue weighted by molar-refractivity contribution is 14.1. The first kappa shape index (κ1) is 11.6. The van der Waals surface area contributed by atoms with Crippen molar-refractivity contribution in [3.05, 3.63) is 27.3 Å². The summed E-state index contributed by atoms with van der Waals surface area (Å²) < 4.78 is 40.3. The molecule has 0 heterocycles. The molecule has 14 heavy (non-hydrogen) atoms. The molecule has 0 saturated heterocycles. The Morgan fingerprint density at radius 2 is 2.00 bits per heavy atom. The van der Waals surface area contributed by atoms with E-state index in [9.17, 15) is 13.2 Å². The van der Waals surface area contributed by atoms with Gasteiger partial charge in [0.2, 0.25) is 0 Å². The highest BCUT2D eigenvalue weighted by Crippen LogP contribution is 2.27. The highest BCUT2D eigenvalue weighted by atomic mass is 127. The summed E-state index contributed by atoms with van der Waals surface area (Å²) in [4.78, 5) is 0. The molecule has 0 saturated carbocycles. The Bertz CT molecular complexity index is 327. The van der Waals surface area contributed by atoms with Crippen molar-refractivity contribution in [2.45, 2.75) is 12.9 Å². The molecule has 0 spiro atoms.